The van der Waals surface area contributed by atoms with Crippen molar-refractivity contribution in [3.63, 3.8) is 0 Å². The van der Waals surface area contributed by atoms with E-state index in [-0.39, 0.29) is 5.91 Å². The van der Waals surface area contributed by atoms with Crippen LogP contribution in [-0.4, -0.2) is 35.3 Å². The number of hydrogen-bond acceptors (Lipinski definition) is 5. The van der Waals surface area contributed by atoms with Crippen molar-refractivity contribution < 1.29 is 9.53 Å². The third-order valence-corrected chi connectivity index (χ3v) is 3.70. The molecule has 0 bridgehead atoms. The highest BCUT2D eigenvalue weighted by Gasteiger charge is 2.17. The zero-order valence-electron chi connectivity index (χ0n) is 12.3. The molecule has 0 saturated carbocycles. The SMILES string of the molecule is CCOCCCNC(=O)c1snnc1-c1ccc(C)cc1. The second kappa shape index (κ2) is 7.85. The molecule has 0 atom stereocenters. The number of aromatic nitrogens is 2. The summed E-state index contributed by atoms with van der Waals surface area (Å²) in [6.07, 6.45) is 0.797. The minimum absolute atomic E-state index is 0.128. The first kappa shape index (κ1) is 15.6. The Balaban J connectivity index is 1.99. The number of carbonyl (C=O) groups excluding carboxylic acids is 1. The van der Waals surface area contributed by atoms with Crippen LogP contribution in [0.25, 0.3) is 11.3 Å². The van der Waals surface area contributed by atoms with Gasteiger partial charge in [0, 0.05) is 25.3 Å². The summed E-state index contributed by atoms with van der Waals surface area (Å²) in [5.41, 5.74) is 2.72. The van der Waals surface area contributed by atoms with Crippen LogP contribution in [-0.2, 0) is 4.74 Å². The van der Waals surface area contributed by atoms with Crippen LogP contribution in [0.3, 0.4) is 0 Å². The Labute approximate surface area is 128 Å². The number of carbonyl (C=O) groups is 1. The molecule has 0 radical (unpaired) electrons. The Morgan fingerprint density at radius 2 is 2.10 bits per heavy atom. The molecule has 2 aromatic rings. The van der Waals surface area contributed by atoms with Crippen LogP contribution in [0.15, 0.2) is 24.3 Å². The van der Waals surface area contributed by atoms with E-state index in [1.54, 1.807) is 0 Å². The van der Waals surface area contributed by atoms with Gasteiger partial charge in [-0.1, -0.05) is 34.3 Å². The Hall–Kier alpha value is -1.79. The van der Waals surface area contributed by atoms with Crippen molar-refractivity contribution >= 4 is 17.4 Å². The number of aryl methyl sites for hydroxylation is 1. The summed E-state index contributed by atoms with van der Waals surface area (Å²) in [5.74, 6) is -0.128. The van der Waals surface area contributed by atoms with Gasteiger partial charge >= 0.3 is 0 Å². The second-order valence-corrected chi connectivity index (χ2v) is 5.38. The number of ether oxygens (including phenoxy) is 1. The lowest BCUT2D eigenvalue weighted by atomic mass is 10.1. The number of amides is 1. The molecule has 0 spiro atoms. The van der Waals surface area contributed by atoms with Gasteiger partial charge in [-0.25, -0.2) is 0 Å². The quantitative estimate of drug-likeness (QED) is 0.799. The highest BCUT2D eigenvalue weighted by Crippen LogP contribution is 2.24. The molecular weight excluding hydrogens is 286 g/mol. The molecule has 6 heteroatoms. The van der Waals surface area contributed by atoms with Crippen LogP contribution in [0.2, 0.25) is 0 Å². The Morgan fingerprint density at radius 3 is 2.81 bits per heavy atom. The van der Waals surface area contributed by atoms with Gasteiger partial charge in [-0.15, -0.1) is 5.10 Å². The average molecular weight is 305 g/mol. The van der Waals surface area contributed by atoms with Crippen LogP contribution in [0, 0.1) is 6.92 Å². The van der Waals surface area contributed by atoms with Crippen molar-refractivity contribution in [2.75, 3.05) is 19.8 Å². The summed E-state index contributed by atoms with van der Waals surface area (Å²) < 4.78 is 9.14. The molecule has 0 unspecified atom stereocenters. The molecule has 1 N–H and O–H groups in total. The van der Waals surface area contributed by atoms with E-state index >= 15 is 0 Å². The topological polar surface area (TPSA) is 64.1 Å². The van der Waals surface area contributed by atoms with Gasteiger partial charge in [0.15, 0.2) is 0 Å². The van der Waals surface area contributed by atoms with Gasteiger partial charge in [-0.2, -0.15) is 0 Å². The Bertz CT molecular complexity index is 581. The van der Waals surface area contributed by atoms with E-state index in [0.29, 0.717) is 30.3 Å². The largest absolute Gasteiger partial charge is 0.382 e. The molecule has 21 heavy (non-hydrogen) atoms. The Morgan fingerprint density at radius 1 is 1.33 bits per heavy atom. The van der Waals surface area contributed by atoms with Crippen LogP contribution in [0.4, 0.5) is 0 Å². The van der Waals surface area contributed by atoms with Crippen molar-refractivity contribution in [2.24, 2.45) is 0 Å². The average Bonchev–Trinajstić information content (AvgIpc) is 2.97. The summed E-state index contributed by atoms with van der Waals surface area (Å²) in [6.45, 7) is 5.92. The lowest BCUT2D eigenvalue weighted by Crippen LogP contribution is -2.25. The first-order valence-electron chi connectivity index (χ1n) is 6.97. The number of rotatable bonds is 7. The van der Waals surface area contributed by atoms with E-state index in [1.165, 1.54) is 5.56 Å². The molecule has 5 nitrogen and oxygen atoms in total. The van der Waals surface area contributed by atoms with Crippen molar-refractivity contribution in [3.8, 4) is 11.3 Å². The zero-order valence-corrected chi connectivity index (χ0v) is 13.1. The maximum atomic E-state index is 12.2. The summed E-state index contributed by atoms with van der Waals surface area (Å²) in [7, 11) is 0. The van der Waals surface area contributed by atoms with E-state index in [9.17, 15) is 4.79 Å². The van der Waals surface area contributed by atoms with Gasteiger partial charge in [0.2, 0.25) is 0 Å². The van der Waals surface area contributed by atoms with Crippen molar-refractivity contribution in [1.29, 1.82) is 0 Å². The third kappa shape index (κ3) is 4.34. The van der Waals surface area contributed by atoms with Gasteiger partial charge in [0.05, 0.1) is 0 Å². The maximum Gasteiger partial charge on any atom is 0.265 e. The summed E-state index contributed by atoms with van der Waals surface area (Å²) in [5, 5.41) is 6.95. The van der Waals surface area contributed by atoms with Gasteiger partial charge in [0.25, 0.3) is 5.91 Å². The van der Waals surface area contributed by atoms with Gasteiger partial charge in [-0.05, 0) is 31.8 Å². The predicted octanol–water partition coefficient (Wildman–Crippen LogP) is 2.67. The minimum atomic E-state index is -0.128. The van der Waals surface area contributed by atoms with Crippen LogP contribution < -0.4 is 5.32 Å². The normalized spacial score (nSPS) is 10.6. The van der Waals surface area contributed by atoms with Crippen molar-refractivity contribution in [1.82, 2.24) is 14.9 Å². The number of nitrogens with zero attached hydrogens (tertiary/aromatic N) is 2. The minimum Gasteiger partial charge on any atom is -0.382 e. The fourth-order valence-electron chi connectivity index (χ4n) is 1.84. The van der Waals surface area contributed by atoms with E-state index in [1.807, 2.05) is 38.1 Å². The molecule has 1 aromatic carbocycles. The molecule has 0 aliphatic rings. The number of nitrogens with one attached hydrogen (secondary N) is 1. The lowest BCUT2D eigenvalue weighted by molar-refractivity contribution is 0.0948. The van der Waals surface area contributed by atoms with Crippen molar-refractivity contribution in [2.45, 2.75) is 20.3 Å². The first-order chi connectivity index (χ1) is 10.2. The molecule has 0 aliphatic carbocycles. The van der Waals surface area contributed by atoms with E-state index in [2.05, 4.69) is 14.9 Å². The summed E-state index contributed by atoms with van der Waals surface area (Å²) >= 11 is 1.12. The molecule has 112 valence electrons. The van der Waals surface area contributed by atoms with Gasteiger partial charge < -0.3 is 10.1 Å². The van der Waals surface area contributed by atoms with Crippen LogP contribution in [0.1, 0.15) is 28.6 Å². The number of hydrogen-bond donors (Lipinski definition) is 1. The second-order valence-electron chi connectivity index (χ2n) is 4.62. The molecule has 1 heterocycles. The fourth-order valence-corrected chi connectivity index (χ4v) is 2.45. The molecule has 0 saturated heterocycles. The standard InChI is InChI=1S/C15H19N3O2S/c1-3-20-10-4-9-16-15(19)14-13(17-18-21-14)12-7-5-11(2)6-8-12/h5-8H,3-4,9-10H2,1-2H3,(H,16,19). The molecule has 1 amide bonds. The number of benzene rings is 1. The van der Waals surface area contributed by atoms with Gasteiger partial charge in [-0.3, -0.25) is 4.79 Å². The van der Waals surface area contributed by atoms with Crippen LogP contribution >= 0.6 is 11.5 Å². The molecule has 1 aromatic heterocycles. The van der Waals surface area contributed by atoms with Crippen molar-refractivity contribution in [3.05, 3.63) is 34.7 Å². The molecule has 0 fully saturated rings. The molecule has 2 rings (SSSR count). The molecule has 0 aliphatic heterocycles. The Kier molecular flexibility index (Phi) is 5.83. The van der Waals surface area contributed by atoms with Crippen LogP contribution in [0.5, 0.6) is 0 Å². The monoisotopic (exact) mass is 305 g/mol. The smallest absolute Gasteiger partial charge is 0.265 e. The van der Waals surface area contributed by atoms with E-state index < -0.39 is 0 Å². The third-order valence-electron chi connectivity index (χ3n) is 2.97. The first-order valence-corrected chi connectivity index (χ1v) is 7.75. The maximum absolute atomic E-state index is 12.2. The lowest BCUT2D eigenvalue weighted by Gasteiger charge is -2.05. The summed E-state index contributed by atoms with van der Waals surface area (Å²) in [6, 6.07) is 7.91. The predicted molar refractivity (Wildman–Crippen MR) is 83.5 cm³/mol. The highest BCUT2D eigenvalue weighted by molar-refractivity contribution is 7.08. The zero-order chi connectivity index (χ0) is 15.1. The van der Waals surface area contributed by atoms with E-state index in [0.717, 1.165) is 23.5 Å². The fraction of sp³-hybridized carbons (Fsp3) is 0.400. The molecular formula is C15H19N3O2S. The van der Waals surface area contributed by atoms with E-state index in [4.69, 9.17) is 4.74 Å². The summed E-state index contributed by atoms with van der Waals surface area (Å²) in [4.78, 5) is 12.7. The van der Waals surface area contributed by atoms with Gasteiger partial charge in [0.1, 0.15) is 10.6 Å². The highest BCUT2D eigenvalue weighted by atomic mass is 32.1.